The van der Waals surface area contributed by atoms with Gasteiger partial charge in [0, 0.05) is 49.3 Å². The van der Waals surface area contributed by atoms with Crippen molar-refractivity contribution in [3.63, 3.8) is 0 Å². The number of fused-ring (bicyclic) bond motifs is 1. The van der Waals surface area contributed by atoms with E-state index in [0.717, 1.165) is 47.0 Å². The Kier molecular flexibility index (Phi) is 7.95. The maximum atomic E-state index is 12.4. The van der Waals surface area contributed by atoms with E-state index in [1.165, 1.54) is 12.1 Å². The molecule has 2 aromatic carbocycles. The zero-order chi connectivity index (χ0) is 28.5. The number of halogens is 3. The first-order valence-corrected chi connectivity index (χ1v) is 13.0. The van der Waals surface area contributed by atoms with Crippen molar-refractivity contribution in [1.29, 1.82) is 0 Å². The number of likely N-dealkylation sites (tertiary alicyclic amines) is 1. The van der Waals surface area contributed by atoms with Crippen LogP contribution in [0.25, 0.3) is 10.8 Å². The summed E-state index contributed by atoms with van der Waals surface area (Å²) < 4.78 is 48.4. The third-order valence-corrected chi connectivity index (χ3v) is 6.89. The van der Waals surface area contributed by atoms with Crippen LogP contribution in [0.4, 0.5) is 23.7 Å². The topological polar surface area (TPSA) is 67.2 Å². The first-order valence-electron chi connectivity index (χ1n) is 13.0. The molecule has 1 N–H and O–H groups in total. The van der Waals surface area contributed by atoms with E-state index < -0.39 is 12.0 Å². The first kappa shape index (κ1) is 28.4. The first-order chi connectivity index (χ1) is 18.2. The van der Waals surface area contributed by atoms with E-state index in [1.807, 2.05) is 53.1 Å². The van der Waals surface area contributed by atoms with Gasteiger partial charge in [-0.15, -0.1) is 13.2 Å². The van der Waals surface area contributed by atoms with E-state index in [0.29, 0.717) is 25.6 Å². The number of alkyl halides is 3. The predicted molar refractivity (Wildman–Crippen MR) is 144 cm³/mol. The van der Waals surface area contributed by atoms with Crippen molar-refractivity contribution in [3.8, 4) is 11.6 Å². The molecule has 1 aliphatic heterocycles. The molecule has 0 bridgehead atoms. The summed E-state index contributed by atoms with van der Waals surface area (Å²) in [6, 6.07) is 9.70. The number of aromatic nitrogens is 1. The zero-order valence-electron chi connectivity index (χ0n) is 23.0. The Morgan fingerprint density at radius 1 is 1.10 bits per heavy atom. The van der Waals surface area contributed by atoms with Crippen molar-refractivity contribution in [2.45, 2.75) is 59.0 Å². The van der Waals surface area contributed by atoms with Crippen LogP contribution in [0.15, 0.2) is 42.6 Å². The number of carbonyl (C=O) groups is 1. The molecule has 0 unspecified atom stereocenters. The van der Waals surface area contributed by atoms with Crippen molar-refractivity contribution in [1.82, 2.24) is 9.47 Å². The fourth-order valence-corrected chi connectivity index (χ4v) is 5.03. The monoisotopic (exact) mass is 547 g/mol. The maximum absolute atomic E-state index is 12.4. The Balaban J connectivity index is 1.41. The van der Waals surface area contributed by atoms with E-state index in [-0.39, 0.29) is 17.7 Å². The average molecular weight is 548 g/mol. The summed E-state index contributed by atoms with van der Waals surface area (Å²) in [4.78, 5) is 16.3. The van der Waals surface area contributed by atoms with Gasteiger partial charge in [0.2, 0.25) is 0 Å². The van der Waals surface area contributed by atoms with Crippen molar-refractivity contribution >= 4 is 22.6 Å². The highest BCUT2D eigenvalue weighted by Crippen LogP contribution is 2.35. The minimum absolute atomic E-state index is 0.113. The average Bonchev–Trinajstić information content (AvgIpc) is 3.14. The molecule has 0 spiro atoms. The number of piperidine rings is 1. The summed E-state index contributed by atoms with van der Waals surface area (Å²) in [6.45, 7) is 10.0. The van der Waals surface area contributed by atoms with E-state index in [1.54, 1.807) is 21.6 Å². The van der Waals surface area contributed by atoms with Crippen molar-refractivity contribution in [2.75, 3.05) is 31.6 Å². The van der Waals surface area contributed by atoms with Gasteiger partial charge in [0.1, 0.15) is 11.4 Å². The van der Waals surface area contributed by atoms with Crippen LogP contribution in [0.5, 0.6) is 11.6 Å². The lowest BCUT2D eigenvalue weighted by molar-refractivity contribution is -0.274. The molecular weight excluding hydrogens is 511 g/mol. The molecule has 39 heavy (non-hydrogen) atoms. The highest BCUT2D eigenvalue weighted by molar-refractivity contribution is 5.93. The second-order valence-electron chi connectivity index (χ2n) is 11.3. The summed E-state index contributed by atoms with van der Waals surface area (Å²) in [5, 5.41) is 12.5. The standard InChI is InChI=1S/C29H36F3N3O4/c1-19-14-23(33(5)16-21-10-12-34(13-11-21)27(37)39-28(2,3)4)15-22-18-35(26(36)25(19)22)17-20-6-8-24(9-7-20)38-29(30,31)32/h6-9,14-15,18,21,36H,10-13,16-17H2,1-5H3. The second-order valence-corrected chi connectivity index (χ2v) is 11.3. The van der Waals surface area contributed by atoms with Crippen LogP contribution in [0.2, 0.25) is 0 Å². The van der Waals surface area contributed by atoms with Gasteiger partial charge < -0.3 is 28.9 Å². The van der Waals surface area contributed by atoms with Crippen LogP contribution >= 0.6 is 0 Å². The summed E-state index contributed by atoms with van der Waals surface area (Å²) in [5.74, 6) is 0.265. The van der Waals surface area contributed by atoms with Gasteiger partial charge in [-0.05, 0) is 81.8 Å². The molecule has 1 aromatic heterocycles. The Labute approximate surface area is 226 Å². The molecule has 2 heterocycles. The number of hydrogen-bond donors (Lipinski definition) is 1. The van der Waals surface area contributed by atoms with Gasteiger partial charge in [0.15, 0.2) is 5.88 Å². The number of aromatic hydroxyl groups is 1. The Bertz CT molecular complexity index is 1300. The largest absolute Gasteiger partial charge is 0.573 e. The SMILES string of the molecule is Cc1cc(N(C)CC2CCN(C(=O)OC(C)(C)C)CC2)cc2cn(Cc3ccc(OC(F)(F)F)cc3)c(O)c12. The number of hydrogen-bond acceptors (Lipinski definition) is 5. The minimum atomic E-state index is -4.74. The normalized spacial score (nSPS) is 15.0. The molecule has 1 saturated heterocycles. The van der Waals surface area contributed by atoms with Crippen LogP contribution in [-0.2, 0) is 11.3 Å². The lowest BCUT2D eigenvalue weighted by atomic mass is 9.96. The number of anilines is 1. The van der Waals surface area contributed by atoms with Crippen LogP contribution < -0.4 is 9.64 Å². The van der Waals surface area contributed by atoms with E-state index in [9.17, 15) is 23.1 Å². The van der Waals surface area contributed by atoms with Crippen LogP contribution in [0.1, 0.15) is 44.7 Å². The number of rotatable bonds is 6. The molecule has 1 amide bonds. The molecule has 0 radical (unpaired) electrons. The molecule has 0 atom stereocenters. The number of ether oxygens (including phenoxy) is 2. The van der Waals surface area contributed by atoms with Gasteiger partial charge in [0.05, 0.1) is 6.54 Å². The van der Waals surface area contributed by atoms with E-state index in [2.05, 4.69) is 9.64 Å². The molecule has 0 saturated carbocycles. The van der Waals surface area contributed by atoms with Crippen LogP contribution in [0, 0.1) is 12.8 Å². The fraction of sp³-hybridized carbons (Fsp3) is 0.483. The van der Waals surface area contributed by atoms with Crippen LogP contribution in [0.3, 0.4) is 0 Å². The highest BCUT2D eigenvalue weighted by atomic mass is 19.4. The van der Waals surface area contributed by atoms with Gasteiger partial charge in [0.25, 0.3) is 0 Å². The molecule has 7 nitrogen and oxygen atoms in total. The fourth-order valence-electron chi connectivity index (χ4n) is 5.03. The number of nitrogens with zero attached hydrogens (tertiary/aromatic N) is 3. The second kappa shape index (κ2) is 10.9. The molecule has 10 heteroatoms. The molecule has 0 aliphatic carbocycles. The maximum Gasteiger partial charge on any atom is 0.573 e. The Morgan fingerprint density at radius 3 is 2.33 bits per heavy atom. The number of benzene rings is 2. The van der Waals surface area contributed by atoms with Crippen molar-refractivity contribution < 1.29 is 32.5 Å². The lowest BCUT2D eigenvalue weighted by Crippen LogP contribution is -2.43. The van der Waals surface area contributed by atoms with Gasteiger partial charge in [-0.2, -0.15) is 0 Å². The summed E-state index contributed by atoms with van der Waals surface area (Å²) in [7, 11) is 2.04. The van der Waals surface area contributed by atoms with Crippen molar-refractivity contribution in [2.24, 2.45) is 5.92 Å². The third kappa shape index (κ3) is 7.30. The number of carbonyl (C=O) groups excluding carboxylic acids is 1. The van der Waals surface area contributed by atoms with E-state index in [4.69, 9.17) is 4.74 Å². The quantitative estimate of drug-likeness (QED) is 0.373. The predicted octanol–water partition coefficient (Wildman–Crippen LogP) is 6.69. The third-order valence-electron chi connectivity index (χ3n) is 6.89. The number of aryl methyl sites for hydroxylation is 1. The van der Waals surface area contributed by atoms with Gasteiger partial charge in [-0.3, -0.25) is 0 Å². The lowest BCUT2D eigenvalue weighted by Gasteiger charge is -2.35. The van der Waals surface area contributed by atoms with E-state index >= 15 is 0 Å². The van der Waals surface area contributed by atoms with Crippen molar-refractivity contribution in [3.05, 3.63) is 53.7 Å². The molecule has 1 fully saturated rings. The zero-order valence-corrected chi connectivity index (χ0v) is 23.0. The molecule has 1 aliphatic rings. The number of amides is 1. The molecule has 3 aromatic rings. The summed E-state index contributed by atoms with van der Waals surface area (Å²) in [6.07, 6.45) is -1.35. The highest BCUT2D eigenvalue weighted by Gasteiger charge is 2.31. The Morgan fingerprint density at radius 2 is 1.74 bits per heavy atom. The molecular formula is C29H36F3N3O4. The summed E-state index contributed by atoms with van der Waals surface area (Å²) >= 11 is 0. The van der Waals surface area contributed by atoms with Gasteiger partial charge >= 0.3 is 12.5 Å². The Hall–Kier alpha value is -3.56. The smallest absolute Gasteiger partial charge is 0.494 e. The van der Waals surface area contributed by atoms with Crippen LogP contribution in [-0.4, -0.2) is 59.3 Å². The van der Waals surface area contributed by atoms with Gasteiger partial charge in [-0.25, -0.2) is 4.79 Å². The molecule has 4 rings (SSSR count). The molecule has 212 valence electrons. The van der Waals surface area contributed by atoms with Gasteiger partial charge in [-0.1, -0.05) is 12.1 Å². The minimum Gasteiger partial charge on any atom is -0.494 e. The summed E-state index contributed by atoms with van der Waals surface area (Å²) in [5.41, 5.74) is 2.18.